The average molecular weight is 252 g/mol. The molecule has 0 aliphatic heterocycles. The molecule has 5 heteroatoms. The summed E-state index contributed by atoms with van der Waals surface area (Å²) in [5, 5.41) is 2.68. The van der Waals surface area contributed by atoms with Gasteiger partial charge in [0.05, 0.1) is 13.2 Å². The summed E-state index contributed by atoms with van der Waals surface area (Å²) in [6.07, 6.45) is 0.706. The summed E-state index contributed by atoms with van der Waals surface area (Å²) in [5.41, 5.74) is 7.59. The van der Waals surface area contributed by atoms with Gasteiger partial charge in [-0.3, -0.25) is 4.79 Å². The molecule has 0 fully saturated rings. The minimum atomic E-state index is -0.131. The van der Waals surface area contributed by atoms with Crippen LogP contribution in [0.15, 0.2) is 24.3 Å². The van der Waals surface area contributed by atoms with Gasteiger partial charge in [-0.15, -0.1) is 0 Å². The molecule has 0 radical (unpaired) electrons. The Morgan fingerprint density at radius 2 is 2.11 bits per heavy atom. The molecule has 0 saturated carbocycles. The van der Waals surface area contributed by atoms with Crippen LogP contribution in [-0.4, -0.2) is 39.4 Å². The van der Waals surface area contributed by atoms with Gasteiger partial charge in [0, 0.05) is 19.3 Å². The summed E-state index contributed by atoms with van der Waals surface area (Å²) in [5.74, 6) is -0.131. The topological polar surface area (TPSA) is 73.6 Å². The molecule has 0 bridgehead atoms. The maximum Gasteiger partial charge on any atom is 0.246 e. The normalized spacial score (nSPS) is 10.3. The van der Waals surface area contributed by atoms with Gasteiger partial charge in [-0.25, -0.2) is 0 Å². The van der Waals surface area contributed by atoms with Crippen LogP contribution in [0, 0.1) is 0 Å². The second-order valence-corrected chi connectivity index (χ2v) is 3.84. The van der Waals surface area contributed by atoms with Crippen molar-refractivity contribution < 1.29 is 14.3 Å². The van der Waals surface area contributed by atoms with Crippen molar-refractivity contribution in [3.8, 4) is 0 Å². The van der Waals surface area contributed by atoms with E-state index in [2.05, 4.69) is 5.32 Å². The van der Waals surface area contributed by atoms with E-state index in [0.29, 0.717) is 26.2 Å². The minimum Gasteiger partial charge on any atom is -0.399 e. The lowest BCUT2D eigenvalue weighted by molar-refractivity contribution is -0.125. The number of carbonyl (C=O) groups is 1. The zero-order valence-electron chi connectivity index (χ0n) is 10.6. The molecule has 1 aromatic rings. The van der Waals surface area contributed by atoms with Gasteiger partial charge in [-0.2, -0.15) is 0 Å². The highest BCUT2D eigenvalue weighted by atomic mass is 16.5. The summed E-state index contributed by atoms with van der Waals surface area (Å²) < 4.78 is 10.1. The van der Waals surface area contributed by atoms with Crippen molar-refractivity contribution in [2.75, 3.05) is 39.2 Å². The van der Waals surface area contributed by atoms with Crippen molar-refractivity contribution in [1.82, 2.24) is 5.32 Å². The molecule has 0 aliphatic carbocycles. The zero-order chi connectivity index (χ0) is 13.2. The molecule has 0 atom stereocenters. The van der Waals surface area contributed by atoms with Gasteiger partial charge in [-0.1, -0.05) is 18.2 Å². The molecular weight excluding hydrogens is 232 g/mol. The maximum absolute atomic E-state index is 11.3. The number of amides is 1. The molecule has 5 nitrogen and oxygen atoms in total. The number of carbonyl (C=O) groups excluding carboxylic acids is 1. The van der Waals surface area contributed by atoms with Crippen LogP contribution in [-0.2, 0) is 20.7 Å². The van der Waals surface area contributed by atoms with Crippen LogP contribution in [0.2, 0.25) is 0 Å². The van der Waals surface area contributed by atoms with Gasteiger partial charge < -0.3 is 20.5 Å². The van der Waals surface area contributed by atoms with Crippen LogP contribution < -0.4 is 11.1 Å². The van der Waals surface area contributed by atoms with Gasteiger partial charge in [0.15, 0.2) is 0 Å². The van der Waals surface area contributed by atoms with E-state index >= 15 is 0 Å². The van der Waals surface area contributed by atoms with Crippen LogP contribution in [0.25, 0.3) is 0 Å². The van der Waals surface area contributed by atoms with E-state index in [-0.39, 0.29) is 12.5 Å². The summed E-state index contributed by atoms with van der Waals surface area (Å²) in [6, 6.07) is 7.64. The molecule has 1 amide bonds. The average Bonchev–Trinajstić information content (AvgIpc) is 2.37. The number of anilines is 1. The first-order chi connectivity index (χ1) is 8.74. The largest absolute Gasteiger partial charge is 0.399 e. The zero-order valence-corrected chi connectivity index (χ0v) is 10.6. The van der Waals surface area contributed by atoms with E-state index in [1.807, 2.05) is 24.3 Å². The molecule has 1 rings (SSSR count). The fourth-order valence-electron chi connectivity index (χ4n) is 1.45. The lowest BCUT2D eigenvalue weighted by atomic mass is 10.1. The fourth-order valence-corrected chi connectivity index (χ4v) is 1.45. The number of nitrogen functional groups attached to an aromatic ring is 1. The van der Waals surface area contributed by atoms with Crippen LogP contribution in [0.4, 0.5) is 5.69 Å². The quantitative estimate of drug-likeness (QED) is 0.524. The Bertz CT molecular complexity index is 369. The third-order valence-corrected chi connectivity index (χ3v) is 2.43. The van der Waals surface area contributed by atoms with Gasteiger partial charge in [0.25, 0.3) is 0 Å². The van der Waals surface area contributed by atoms with Crippen molar-refractivity contribution in [1.29, 1.82) is 0 Å². The summed E-state index contributed by atoms with van der Waals surface area (Å²) in [6.45, 7) is 1.55. The molecule has 0 spiro atoms. The summed E-state index contributed by atoms with van der Waals surface area (Å²) in [7, 11) is 1.59. The molecule has 3 N–H and O–H groups in total. The lowest BCUT2D eigenvalue weighted by Gasteiger charge is -2.07. The molecule has 100 valence electrons. The molecule has 0 aliphatic rings. The maximum atomic E-state index is 11.3. The van der Waals surface area contributed by atoms with E-state index < -0.39 is 0 Å². The van der Waals surface area contributed by atoms with Crippen LogP contribution in [0.1, 0.15) is 5.56 Å². The Kier molecular flexibility index (Phi) is 6.83. The Balaban J connectivity index is 2.12. The van der Waals surface area contributed by atoms with E-state index in [9.17, 15) is 4.79 Å². The van der Waals surface area contributed by atoms with Crippen molar-refractivity contribution in [3.05, 3.63) is 29.8 Å². The number of hydrogen-bond acceptors (Lipinski definition) is 4. The summed E-state index contributed by atoms with van der Waals surface area (Å²) in [4.78, 5) is 11.3. The number of nitrogens with one attached hydrogen (secondary N) is 1. The minimum absolute atomic E-state index is 0.0659. The Morgan fingerprint density at radius 1 is 1.33 bits per heavy atom. The number of nitrogens with two attached hydrogens (primary N) is 1. The fraction of sp³-hybridized carbons (Fsp3) is 0.462. The van der Waals surface area contributed by atoms with E-state index in [1.165, 1.54) is 0 Å². The Morgan fingerprint density at radius 3 is 2.83 bits per heavy atom. The number of rotatable bonds is 8. The van der Waals surface area contributed by atoms with Gasteiger partial charge in [0.1, 0.15) is 6.61 Å². The first-order valence-electron chi connectivity index (χ1n) is 5.91. The molecule has 0 unspecified atom stereocenters. The molecule has 0 saturated heterocycles. The number of hydrogen-bond donors (Lipinski definition) is 2. The highest BCUT2D eigenvalue weighted by Crippen LogP contribution is 2.10. The second-order valence-electron chi connectivity index (χ2n) is 3.84. The van der Waals surface area contributed by atoms with E-state index in [1.54, 1.807) is 7.11 Å². The van der Waals surface area contributed by atoms with E-state index in [4.69, 9.17) is 15.2 Å². The molecule has 0 aromatic heterocycles. The number of benzene rings is 1. The lowest BCUT2D eigenvalue weighted by Crippen LogP contribution is -2.30. The van der Waals surface area contributed by atoms with Crippen molar-refractivity contribution in [3.63, 3.8) is 0 Å². The highest BCUT2D eigenvalue weighted by molar-refractivity contribution is 5.77. The summed E-state index contributed by atoms with van der Waals surface area (Å²) >= 11 is 0. The van der Waals surface area contributed by atoms with Gasteiger partial charge in [0.2, 0.25) is 5.91 Å². The van der Waals surface area contributed by atoms with Gasteiger partial charge in [-0.05, 0) is 18.1 Å². The molecule has 0 heterocycles. The van der Waals surface area contributed by atoms with Crippen LogP contribution >= 0.6 is 0 Å². The van der Waals surface area contributed by atoms with E-state index in [0.717, 1.165) is 11.3 Å². The molecule has 18 heavy (non-hydrogen) atoms. The third-order valence-electron chi connectivity index (χ3n) is 2.43. The first kappa shape index (κ1) is 14.5. The van der Waals surface area contributed by atoms with Crippen molar-refractivity contribution in [2.24, 2.45) is 0 Å². The number of methoxy groups -OCH3 is 1. The predicted octanol–water partition coefficient (Wildman–Crippen LogP) is 0.590. The van der Waals surface area contributed by atoms with Crippen LogP contribution in [0.5, 0.6) is 0 Å². The standard InChI is InChI=1S/C13H20N2O3/c1-17-9-7-15-13(16)10-18-8-6-11-4-2-3-5-12(11)14/h2-5H,6-10,14H2,1H3,(H,15,16). The number of ether oxygens (including phenoxy) is 2. The third kappa shape index (κ3) is 5.65. The number of para-hydroxylation sites is 1. The van der Waals surface area contributed by atoms with Crippen molar-refractivity contribution >= 4 is 11.6 Å². The first-order valence-corrected chi connectivity index (χ1v) is 5.91. The SMILES string of the molecule is COCCNC(=O)COCCc1ccccc1N. The smallest absolute Gasteiger partial charge is 0.246 e. The van der Waals surface area contributed by atoms with Crippen molar-refractivity contribution in [2.45, 2.75) is 6.42 Å². The predicted molar refractivity (Wildman–Crippen MR) is 70.3 cm³/mol. The molecule has 1 aromatic carbocycles. The van der Waals surface area contributed by atoms with Gasteiger partial charge >= 0.3 is 0 Å². The molecular formula is C13H20N2O3. The monoisotopic (exact) mass is 252 g/mol. The second kappa shape index (κ2) is 8.49. The van der Waals surface area contributed by atoms with Crippen LogP contribution in [0.3, 0.4) is 0 Å². The highest BCUT2D eigenvalue weighted by Gasteiger charge is 2.01. The Labute approximate surface area is 107 Å². The Hall–Kier alpha value is -1.59.